The number of hydrogen-bond acceptors (Lipinski definition) is 5. The lowest BCUT2D eigenvalue weighted by Gasteiger charge is -2.35. The summed E-state index contributed by atoms with van der Waals surface area (Å²) < 4.78 is 5.99. The van der Waals surface area contributed by atoms with E-state index < -0.39 is 0 Å². The summed E-state index contributed by atoms with van der Waals surface area (Å²) in [5, 5.41) is 4.92. The summed E-state index contributed by atoms with van der Waals surface area (Å²) in [6.45, 7) is 6.99. The minimum atomic E-state index is 0.764. The van der Waals surface area contributed by atoms with Crippen molar-refractivity contribution in [2.24, 2.45) is 0 Å². The van der Waals surface area contributed by atoms with Crippen LogP contribution in [-0.2, 0) is 0 Å². The third-order valence-electron chi connectivity index (χ3n) is 4.99. The highest BCUT2D eigenvalue weighted by Gasteiger charge is 2.22. The molecule has 0 saturated carbocycles. The van der Waals surface area contributed by atoms with Crippen LogP contribution in [0.3, 0.4) is 0 Å². The summed E-state index contributed by atoms with van der Waals surface area (Å²) in [7, 11) is 0. The van der Waals surface area contributed by atoms with E-state index in [0.29, 0.717) is 0 Å². The maximum absolute atomic E-state index is 4.69. The maximum Gasteiger partial charge on any atom is 0.150 e. The van der Waals surface area contributed by atoms with Gasteiger partial charge < -0.3 is 10.2 Å². The fourth-order valence-electron chi connectivity index (χ4n) is 3.63. The first-order chi connectivity index (χ1) is 10.9. The molecule has 2 fully saturated rings. The zero-order valence-corrected chi connectivity index (χ0v) is 13.8. The maximum atomic E-state index is 4.69. The number of piperazine rings is 1. The highest BCUT2D eigenvalue weighted by molar-refractivity contribution is 7.13. The average Bonchev–Trinajstić information content (AvgIpc) is 3.23. The van der Waals surface area contributed by atoms with Gasteiger partial charge in [0.1, 0.15) is 5.82 Å². The van der Waals surface area contributed by atoms with Gasteiger partial charge in [-0.25, -0.2) is 0 Å². The van der Waals surface area contributed by atoms with Crippen LogP contribution >= 0.6 is 11.5 Å². The van der Waals surface area contributed by atoms with Gasteiger partial charge in [0, 0.05) is 37.6 Å². The molecule has 0 aliphatic carbocycles. The van der Waals surface area contributed by atoms with Gasteiger partial charge in [-0.1, -0.05) is 12.1 Å². The monoisotopic (exact) mass is 316 g/mol. The molecule has 2 saturated heterocycles. The van der Waals surface area contributed by atoms with E-state index in [1.165, 1.54) is 61.3 Å². The van der Waals surface area contributed by atoms with Gasteiger partial charge in [-0.2, -0.15) is 4.37 Å². The number of benzene rings is 1. The second kappa shape index (κ2) is 6.52. The number of nitrogens with one attached hydrogen (secondary N) is 1. The summed E-state index contributed by atoms with van der Waals surface area (Å²) in [4.78, 5) is 5.08. The van der Waals surface area contributed by atoms with Crippen LogP contribution in [0.15, 0.2) is 24.3 Å². The standard InChI is InChI=1S/C17H24N4S/c1-2-6-16-15(5-1)17(19-22-16)21-12-10-20(11-13-21)9-7-14-4-3-8-18-14/h1-2,5-6,14,18H,3-4,7-13H2/t14-/m0/s1. The van der Waals surface area contributed by atoms with E-state index in [-0.39, 0.29) is 0 Å². The first-order valence-corrected chi connectivity index (χ1v) is 9.22. The summed E-state index contributed by atoms with van der Waals surface area (Å²) in [5.74, 6) is 1.19. The predicted octanol–water partition coefficient (Wildman–Crippen LogP) is 2.56. The van der Waals surface area contributed by atoms with Gasteiger partial charge in [0.15, 0.2) is 0 Å². The molecule has 118 valence electrons. The zero-order chi connectivity index (χ0) is 14.8. The lowest BCUT2D eigenvalue weighted by molar-refractivity contribution is 0.245. The van der Waals surface area contributed by atoms with Gasteiger partial charge in [0.05, 0.1) is 4.70 Å². The van der Waals surface area contributed by atoms with Crippen molar-refractivity contribution in [3.63, 3.8) is 0 Å². The van der Waals surface area contributed by atoms with Crippen molar-refractivity contribution in [1.29, 1.82) is 0 Å². The smallest absolute Gasteiger partial charge is 0.150 e. The number of fused-ring (bicyclic) bond motifs is 1. The molecule has 0 amide bonds. The Morgan fingerprint density at radius 1 is 1.18 bits per heavy atom. The zero-order valence-electron chi connectivity index (χ0n) is 13.0. The van der Waals surface area contributed by atoms with Crippen LogP contribution in [0.4, 0.5) is 5.82 Å². The van der Waals surface area contributed by atoms with Crippen LogP contribution in [0.2, 0.25) is 0 Å². The van der Waals surface area contributed by atoms with Crippen molar-refractivity contribution in [1.82, 2.24) is 14.6 Å². The normalized spacial score (nSPS) is 23.5. The second-order valence-corrected chi connectivity index (χ2v) is 7.22. The SMILES string of the molecule is c1ccc2c(N3CCN(CC[C@@H]4CCCN4)CC3)nsc2c1. The minimum Gasteiger partial charge on any atom is -0.353 e. The van der Waals surface area contributed by atoms with Crippen molar-refractivity contribution in [3.8, 4) is 0 Å². The van der Waals surface area contributed by atoms with E-state index in [2.05, 4.69) is 39.4 Å². The molecule has 2 aromatic rings. The number of rotatable bonds is 4. The highest BCUT2D eigenvalue weighted by atomic mass is 32.1. The van der Waals surface area contributed by atoms with Crippen molar-refractivity contribution >= 4 is 27.4 Å². The van der Waals surface area contributed by atoms with Crippen LogP contribution in [0, 0.1) is 0 Å². The molecular weight excluding hydrogens is 292 g/mol. The summed E-state index contributed by atoms with van der Waals surface area (Å²) in [6.07, 6.45) is 4.03. The Bertz CT molecular complexity index is 612. The van der Waals surface area contributed by atoms with Gasteiger partial charge in [0.25, 0.3) is 0 Å². The molecule has 0 bridgehead atoms. The molecule has 22 heavy (non-hydrogen) atoms. The molecule has 5 heteroatoms. The van der Waals surface area contributed by atoms with Crippen molar-refractivity contribution in [3.05, 3.63) is 24.3 Å². The Balaban J connectivity index is 1.33. The largest absolute Gasteiger partial charge is 0.353 e. The molecule has 4 rings (SSSR count). The Morgan fingerprint density at radius 3 is 2.86 bits per heavy atom. The van der Waals surface area contributed by atoms with E-state index in [1.807, 2.05) is 0 Å². The molecule has 1 aromatic heterocycles. The molecule has 1 atom stereocenters. The molecule has 3 heterocycles. The molecule has 0 unspecified atom stereocenters. The average molecular weight is 316 g/mol. The molecule has 0 radical (unpaired) electrons. The Morgan fingerprint density at radius 2 is 2.05 bits per heavy atom. The van der Waals surface area contributed by atoms with Crippen LogP contribution < -0.4 is 10.2 Å². The molecule has 1 aromatic carbocycles. The fourth-order valence-corrected chi connectivity index (χ4v) is 4.42. The van der Waals surface area contributed by atoms with Gasteiger partial charge in [-0.3, -0.25) is 4.90 Å². The molecule has 1 N–H and O–H groups in total. The van der Waals surface area contributed by atoms with Crippen molar-refractivity contribution in [2.75, 3.05) is 44.2 Å². The number of hydrogen-bond donors (Lipinski definition) is 1. The highest BCUT2D eigenvalue weighted by Crippen LogP contribution is 2.29. The molecular formula is C17H24N4S. The quantitative estimate of drug-likeness (QED) is 0.939. The number of nitrogens with zero attached hydrogens (tertiary/aromatic N) is 3. The fraction of sp³-hybridized carbons (Fsp3) is 0.588. The third kappa shape index (κ3) is 2.98. The van der Waals surface area contributed by atoms with Crippen LogP contribution in [0.5, 0.6) is 0 Å². The Hall–Kier alpha value is -1.17. The van der Waals surface area contributed by atoms with Gasteiger partial charge in [-0.05, 0) is 56.0 Å². The molecule has 4 nitrogen and oxygen atoms in total. The lowest BCUT2D eigenvalue weighted by atomic mass is 10.1. The van der Waals surface area contributed by atoms with Crippen LogP contribution in [0.1, 0.15) is 19.3 Å². The minimum absolute atomic E-state index is 0.764. The number of anilines is 1. The Kier molecular flexibility index (Phi) is 4.28. The summed E-state index contributed by atoms with van der Waals surface area (Å²) >= 11 is 1.62. The Labute approximate surface area is 136 Å². The van der Waals surface area contributed by atoms with E-state index in [9.17, 15) is 0 Å². The van der Waals surface area contributed by atoms with Gasteiger partial charge >= 0.3 is 0 Å². The van der Waals surface area contributed by atoms with E-state index in [4.69, 9.17) is 4.37 Å². The summed E-state index contributed by atoms with van der Waals surface area (Å²) in [6, 6.07) is 9.35. The molecule has 0 spiro atoms. The van der Waals surface area contributed by atoms with Crippen LogP contribution in [-0.4, -0.2) is 54.6 Å². The lowest BCUT2D eigenvalue weighted by Crippen LogP contribution is -2.47. The number of aromatic nitrogens is 1. The van der Waals surface area contributed by atoms with E-state index in [1.54, 1.807) is 11.5 Å². The first kappa shape index (κ1) is 14.4. The van der Waals surface area contributed by atoms with Gasteiger partial charge in [0.2, 0.25) is 0 Å². The first-order valence-electron chi connectivity index (χ1n) is 8.45. The van der Waals surface area contributed by atoms with Crippen LogP contribution in [0.25, 0.3) is 10.1 Å². The van der Waals surface area contributed by atoms with Gasteiger partial charge in [-0.15, -0.1) is 0 Å². The molecule has 2 aliphatic rings. The van der Waals surface area contributed by atoms with E-state index >= 15 is 0 Å². The molecule has 2 aliphatic heterocycles. The summed E-state index contributed by atoms with van der Waals surface area (Å²) in [5.41, 5.74) is 0. The van der Waals surface area contributed by atoms with E-state index in [0.717, 1.165) is 19.1 Å². The predicted molar refractivity (Wildman–Crippen MR) is 93.9 cm³/mol. The third-order valence-corrected chi connectivity index (χ3v) is 5.80. The topological polar surface area (TPSA) is 31.4 Å². The second-order valence-electron chi connectivity index (χ2n) is 6.41. The van der Waals surface area contributed by atoms with Crippen molar-refractivity contribution in [2.45, 2.75) is 25.3 Å². The van der Waals surface area contributed by atoms with Crippen molar-refractivity contribution < 1.29 is 0 Å².